The number of halogens is 3. The number of aliphatic hydroxyl groups is 2. The van der Waals surface area contributed by atoms with Gasteiger partial charge in [-0.25, -0.2) is 0 Å². The van der Waals surface area contributed by atoms with Gasteiger partial charge in [-0.05, 0) is 54.4 Å². The van der Waals surface area contributed by atoms with Crippen molar-refractivity contribution in [3.63, 3.8) is 0 Å². The average molecular weight is 488 g/mol. The van der Waals surface area contributed by atoms with E-state index in [9.17, 15) is 28.2 Å². The lowest BCUT2D eigenvalue weighted by molar-refractivity contribution is -0.274. The largest absolute Gasteiger partial charge is 0.573 e. The van der Waals surface area contributed by atoms with Crippen molar-refractivity contribution in [3.8, 4) is 5.75 Å². The molecule has 12 heteroatoms. The maximum Gasteiger partial charge on any atom is 0.573 e. The van der Waals surface area contributed by atoms with Crippen LogP contribution in [0.3, 0.4) is 0 Å². The molecular formula is C20H20F3N3O4S2. The van der Waals surface area contributed by atoms with Gasteiger partial charge in [0.05, 0.1) is 30.7 Å². The van der Waals surface area contributed by atoms with Gasteiger partial charge < -0.3 is 30.5 Å². The number of anilines is 1. The van der Waals surface area contributed by atoms with Crippen LogP contribution in [-0.4, -0.2) is 51.9 Å². The van der Waals surface area contributed by atoms with Crippen LogP contribution in [0.5, 0.6) is 5.75 Å². The summed E-state index contributed by atoms with van der Waals surface area (Å²) < 4.78 is 41.3. The zero-order valence-electron chi connectivity index (χ0n) is 16.5. The molecule has 2 aliphatic rings. The molecule has 4 N–H and O–H groups in total. The fourth-order valence-electron chi connectivity index (χ4n) is 4.17. The summed E-state index contributed by atoms with van der Waals surface area (Å²) in [6.45, 7) is 0.324. The van der Waals surface area contributed by atoms with E-state index >= 15 is 0 Å². The second-order valence-corrected chi connectivity index (χ2v) is 8.99. The Morgan fingerprint density at radius 1 is 1.28 bits per heavy atom. The first-order valence-electron chi connectivity index (χ1n) is 9.76. The standard InChI is InChI=1S/C20H20F3N3O4S2/c21-20(22,23)30-11-5-3-10(4-6-11)26-16-13(18(29)24-9-12-2-1-7-32-12)8-14(27)17(28)15(16)25-19(26)31/h1-7,13-17,27-28H,8-9H2,(H,24,29)(H,25,31). The molecule has 1 saturated carbocycles. The Morgan fingerprint density at radius 2 is 2.00 bits per heavy atom. The number of amides is 1. The zero-order chi connectivity index (χ0) is 23.0. The first kappa shape index (κ1) is 22.8. The zero-order valence-corrected chi connectivity index (χ0v) is 18.1. The lowest BCUT2D eigenvalue weighted by Gasteiger charge is -2.41. The number of carbonyl (C=O) groups excluding carboxylic acids is 1. The van der Waals surface area contributed by atoms with Gasteiger partial charge >= 0.3 is 6.36 Å². The molecule has 0 bridgehead atoms. The molecule has 1 aromatic heterocycles. The molecule has 7 nitrogen and oxygen atoms in total. The summed E-state index contributed by atoms with van der Waals surface area (Å²) in [7, 11) is 0. The maximum atomic E-state index is 13.0. The minimum Gasteiger partial charge on any atom is -0.406 e. The van der Waals surface area contributed by atoms with Crippen LogP contribution >= 0.6 is 23.6 Å². The molecule has 1 amide bonds. The topological polar surface area (TPSA) is 94.1 Å². The minimum atomic E-state index is -4.81. The monoisotopic (exact) mass is 487 g/mol. The van der Waals surface area contributed by atoms with E-state index in [4.69, 9.17) is 12.2 Å². The van der Waals surface area contributed by atoms with Crippen LogP contribution in [0.2, 0.25) is 0 Å². The Bertz CT molecular complexity index is 971. The van der Waals surface area contributed by atoms with Crippen LogP contribution in [0.15, 0.2) is 41.8 Å². The normalized spacial score (nSPS) is 27.6. The highest BCUT2D eigenvalue weighted by atomic mass is 32.1. The number of fused-ring (bicyclic) bond motifs is 1. The molecule has 5 atom stereocenters. The molecule has 1 saturated heterocycles. The molecule has 2 aromatic rings. The summed E-state index contributed by atoms with van der Waals surface area (Å²) in [5, 5.41) is 28.7. The third-order valence-corrected chi connectivity index (χ3v) is 6.74. The molecule has 172 valence electrons. The minimum absolute atomic E-state index is 0.00860. The smallest absolute Gasteiger partial charge is 0.406 e. The van der Waals surface area contributed by atoms with Crippen molar-refractivity contribution >= 4 is 40.3 Å². The van der Waals surface area contributed by atoms with Gasteiger partial charge in [0.15, 0.2) is 5.11 Å². The Hall–Kier alpha value is -2.41. The molecule has 1 aromatic carbocycles. The number of alkyl halides is 3. The van der Waals surface area contributed by atoms with E-state index < -0.39 is 36.6 Å². The van der Waals surface area contributed by atoms with Crippen molar-refractivity contribution in [1.82, 2.24) is 10.6 Å². The number of nitrogens with zero attached hydrogens (tertiary/aromatic N) is 1. The van der Waals surface area contributed by atoms with Crippen LogP contribution in [0, 0.1) is 5.92 Å². The van der Waals surface area contributed by atoms with Gasteiger partial charge in [0.2, 0.25) is 5.91 Å². The maximum absolute atomic E-state index is 13.0. The summed E-state index contributed by atoms with van der Waals surface area (Å²) in [6.07, 6.45) is -7.11. The van der Waals surface area contributed by atoms with Crippen LogP contribution in [0.1, 0.15) is 11.3 Å². The summed E-state index contributed by atoms with van der Waals surface area (Å²) in [4.78, 5) is 15.6. The summed E-state index contributed by atoms with van der Waals surface area (Å²) >= 11 is 6.89. The molecule has 4 rings (SSSR count). The molecule has 0 spiro atoms. The van der Waals surface area contributed by atoms with Gasteiger partial charge in [-0.3, -0.25) is 4.79 Å². The lowest BCUT2D eigenvalue weighted by Crippen LogP contribution is -2.60. The number of thiocarbonyl (C=S) groups is 1. The second-order valence-electron chi connectivity index (χ2n) is 7.57. The number of nitrogens with one attached hydrogen (secondary N) is 2. The summed E-state index contributed by atoms with van der Waals surface area (Å²) in [5.41, 5.74) is 0.434. The third kappa shape index (κ3) is 4.68. The van der Waals surface area contributed by atoms with Crippen molar-refractivity contribution in [2.75, 3.05) is 4.90 Å². The Kier molecular flexibility index (Phi) is 6.30. The Labute approximate surface area is 190 Å². The number of benzene rings is 1. The number of thiophene rings is 1. The van der Waals surface area contributed by atoms with Crippen molar-refractivity contribution in [2.45, 2.75) is 43.6 Å². The quantitative estimate of drug-likeness (QED) is 0.480. The van der Waals surface area contributed by atoms with Crippen LogP contribution in [0.25, 0.3) is 0 Å². The second kappa shape index (κ2) is 8.85. The Balaban J connectivity index is 1.58. The van der Waals surface area contributed by atoms with Gasteiger partial charge in [-0.1, -0.05) is 6.07 Å². The summed E-state index contributed by atoms with van der Waals surface area (Å²) in [5.74, 6) is -1.43. The average Bonchev–Trinajstić information content (AvgIpc) is 3.36. The first-order valence-corrected chi connectivity index (χ1v) is 11.0. The number of rotatable bonds is 5. The Morgan fingerprint density at radius 3 is 2.62 bits per heavy atom. The van der Waals surface area contributed by atoms with Gasteiger partial charge in [0.1, 0.15) is 11.9 Å². The van der Waals surface area contributed by atoms with E-state index in [1.807, 2.05) is 17.5 Å². The highest BCUT2D eigenvalue weighted by Crippen LogP contribution is 2.37. The summed E-state index contributed by atoms with van der Waals surface area (Å²) in [6, 6.07) is 7.49. The van der Waals surface area contributed by atoms with E-state index in [0.717, 1.165) is 17.0 Å². The molecule has 32 heavy (non-hydrogen) atoms. The van der Waals surface area contributed by atoms with E-state index in [2.05, 4.69) is 15.4 Å². The third-order valence-electron chi connectivity index (χ3n) is 5.55. The van der Waals surface area contributed by atoms with Crippen LogP contribution < -0.4 is 20.3 Å². The van der Waals surface area contributed by atoms with Gasteiger partial charge in [0, 0.05) is 10.6 Å². The molecule has 1 aliphatic carbocycles. The van der Waals surface area contributed by atoms with E-state index in [1.54, 1.807) is 4.90 Å². The SMILES string of the molecule is O=C(NCc1cccs1)C1CC(O)C(O)C2NC(=S)N(c3ccc(OC(F)(F)F)cc3)C12. The lowest BCUT2D eigenvalue weighted by atomic mass is 9.77. The highest BCUT2D eigenvalue weighted by Gasteiger charge is 2.53. The van der Waals surface area contributed by atoms with Gasteiger partial charge in [-0.15, -0.1) is 24.5 Å². The number of ether oxygens (including phenoxy) is 1. The predicted molar refractivity (Wildman–Crippen MR) is 115 cm³/mol. The number of hydrogen-bond acceptors (Lipinski definition) is 6. The molecule has 5 unspecified atom stereocenters. The number of carbonyl (C=O) groups is 1. The van der Waals surface area contributed by atoms with E-state index in [0.29, 0.717) is 12.2 Å². The molecular weight excluding hydrogens is 467 g/mol. The van der Waals surface area contributed by atoms with Crippen molar-refractivity contribution in [1.29, 1.82) is 0 Å². The fraction of sp³-hybridized carbons (Fsp3) is 0.400. The fourth-order valence-corrected chi connectivity index (χ4v) is 5.18. The van der Waals surface area contributed by atoms with E-state index in [1.165, 1.54) is 23.5 Å². The van der Waals surface area contributed by atoms with Gasteiger partial charge in [0.25, 0.3) is 0 Å². The first-order chi connectivity index (χ1) is 15.1. The predicted octanol–water partition coefficient (Wildman–Crippen LogP) is 2.14. The number of aliphatic hydroxyl groups excluding tert-OH is 2. The van der Waals surface area contributed by atoms with Crippen LogP contribution in [0.4, 0.5) is 18.9 Å². The van der Waals surface area contributed by atoms with Crippen LogP contribution in [-0.2, 0) is 11.3 Å². The van der Waals surface area contributed by atoms with Gasteiger partial charge in [-0.2, -0.15) is 0 Å². The molecule has 2 heterocycles. The van der Waals surface area contributed by atoms with E-state index in [-0.39, 0.29) is 23.2 Å². The van der Waals surface area contributed by atoms with Crippen molar-refractivity contribution < 1.29 is 32.9 Å². The highest BCUT2D eigenvalue weighted by molar-refractivity contribution is 7.80. The number of hydrogen-bond donors (Lipinski definition) is 4. The molecule has 1 aliphatic heterocycles. The van der Waals surface area contributed by atoms with Crippen molar-refractivity contribution in [3.05, 3.63) is 46.7 Å². The van der Waals surface area contributed by atoms with Crippen molar-refractivity contribution in [2.24, 2.45) is 5.92 Å². The molecule has 2 fully saturated rings. The molecule has 0 radical (unpaired) electrons.